The first kappa shape index (κ1) is 29.0. The molecule has 4 nitrogen and oxygen atoms in total. The lowest BCUT2D eigenvalue weighted by Gasteiger charge is -2.10. The van der Waals surface area contributed by atoms with Crippen LogP contribution in [0.4, 0.5) is 0 Å². The first-order valence-corrected chi connectivity index (χ1v) is 17.1. The third kappa shape index (κ3) is 5.13. The molecule has 0 aliphatic rings. The van der Waals surface area contributed by atoms with E-state index in [1.165, 1.54) is 27.3 Å². The van der Waals surface area contributed by atoms with Crippen molar-refractivity contribution in [1.82, 2.24) is 15.0 Å². The predicted molar refractivity (Wildman–Crippen MR) is 209 cm³/mol. The van der Waals surface area contributed by atoms with Crippen LogP contribution >= 0.6 is 0 Å². The van der Waals surface area contributed by atoms with Gasteiger partial charge in [-0.05, 0) is 68.1 Å². The molecule has 4 heteroatoms. The Kier molecular flexibility index (Phi) is 6.78. The van der Waals surface area contributed by atoms with E-state index in [0.717, 1.165) is 55.1 Å². The Balaban J connectivity index is 1.13. The van der Waals surface area contributed by atoms with Gasteiger partial charge in [0, 0.05) is 27.5 Å². The monoisotopic (exact) mass is 651 g/mol. The van der Waals surface area contributed by atoms with Gasteiger partial charge in [-0.15, -0.1) is 0 Å². The van der Waals surface area contributed by atoms with E-state index in [4.69, 9.17) is 19.4 Å². The number of nitrogens with zero attached hydrogens (tertiary/aromatic N) is 3. The molecule has 2 aromatic heterocycles. The number of hydrogen-bond acceptors (Lipinski definition) is 4. The van der Waals surface area contributed by atoms with E-state index >= 15 is 0 Å². The molecule has 0 radical (unpaired) electrons. The molecular weight excluding hydrogens is 623 g/mol. The highest BCUT2D eigenvalue weighted by atomic mass is 16.3. The lowest BCUT2D eigenvalue weighted by Crippen LogP contribution is -2.00. The molecule has 0 bridgehead atoms. The fourth-order valence-corrected chi connectivity index (χ4v) is 7.17. The highest BCUT2D eigenvalue weighted by Crippen LogP contribution is 2.39. The summed E-state index contributed by atoms with van der Waals surface area (Å²) < 4.78 is 6.42. The topological polar surface area (TPSA) is 51.8 Å². The molecule has 0 N–H and O–H groups in total. The van der Waals surface area contributed by atoms with Gasteiger partial charge in [-0.2, -0.15) is 0 Å². The summed E-state index contributed by atoms with van der Waals surface area (Å²) in [7, 11) is 0. The van der Waals surface area contributed by atoms with Gasteiger partial charge >= 0.3 is 0 Å². The van der Waals surface area contributed by atoms with Crippen molar-refractivity contribution in [3.8, 4) is 56.4 Å². The van der Waals surface area contributed by atoms with E-state index in [1.54, 1.807) is 0 Å². The largest absolute Gasteiger partial charge is 0.456 e. The Labute approximate surface area is 294 Å². The maximum absolute atomic E-state index is 6.42. The lowest BCUT2D eigenvalue weighted by molar-refractivity contribution is 0.669. The quantitative estimate of drug-likeness (QED) is 0.174. The summed E-state index contributed by atoms with van der Waals surface area (Å²) in [6.07, 6.45) is 0. The third-order valence-corrected chi connectivity index (χ3v) is 9.73. The molecule has 0 aliphatic carbocycles. The molecule has 0 atom stereocenters. The van der Waals surface area contributed by atoms with Crippen molar-refractivity contribution in [2.75, 3.05) is 0 Å². The maximum Gasteiger partial charge on any atom is 0.164 e. The summed E-state index contributed by atoms with van der Waals surface area (Å²) in [5.41, 5.74) is 9.02. The van der Waals surface area contributed by atoms with Gasteiger partial charge in [-0.1, -0.05) is 152 Å². The second-order valence-electron chi connectivity index (χ2n) is 12.8. The highest BCUT2D eigenvalue weighted by Gasteiger charge is 2.19. The van der Waals surface area contributed by atoms with Gasteiger partial charge in [-0.3, -0.25) is 0 Å². The SMILES string of the molecule is c1ccc(-c2ccc(-c3ccc4oc5cccc(-c6nc(-c7ccccc7)nc(-c7ccc8c(ccc9ccccc98)c7)n6)c5c4c3)cc2)cc1. The minimum Gasteiger partial charge on any atom is -0.456 e. The van der Waals surface area contributed by atoms with Crippen molar-refractivity contribution in [3.05, 3.63) is 176 Å². The molecule has 238 valence electrons. The van der Waals surface area contributed by atoms with Crippen LogP contribution in [0.5, 0.6) is 0 Å². The fraction of sp³-hybridized carbons (Fsp3) is 0. The summed E-state index contributed by atoms with van der Waals surface area (Å²) in [6.45, 7) is 0. The van der Waals surface area contributed by atoms with E-state index < -0.39 is 0 Å². The Morgan fingerprint density at radius 3 is 1.71 bits per heavy atom. The van der Waals surface area contributed by atoms with Crippen LogP contribution in [0.25, 0.3) is 99.9 Å². The highest BCUT2D eigenvalue weighted by molar-refractivity contribution is 6.13. The standard InChI is InChI=1S/C47H29N3O/c1-3-10-30(11-4-1)31-18-20-32(21-19-31)35-25-27-42-41(29-35)44-40(16-9-17-43(44)51-42)47-49-45(34-13-5-2-6-14-34)48-46(50-47)37-24-26-39-36(28-37)23-22-33-12-7-8-15-38(33)39/h1-29H. The van der Waals surface area contributed by atoms with Crippen LogP contribution in [-0.2, 0) is 0 Å². The van der Waals surface area contributed by atoms with Crippen molar-refractivity contribution in [3.63, 3.8) is 0 Å². The molecule has 51 heavy (non-hydrogen) atoms. The van der Waals surface area contributed by atoms with Gasteiger partial charge in [0.15, 0.2) is 17.5 Å². The summed E-state index contributed by atoms with van der Waals surface area (Å²) in [4.78, 5) is 15.3. The van der Waals surface area contributed by atoms with Gasteiger partial charge in [0.05, 0.1) is 0 Å². The Hall–Kier alpha value is -6.91. The van der Waals surface area contributed by atoms with Crippen molar-refractivity contribution in [2.24, 2.45) is 0 Å². The van der Waals surface area contributed by atoms with Gasteiger partial charge in [0.25, 0.3) is 0 Å². The van der Waals surface area contributed by atoms with Gasteiger partial charge in [0.1, 0.15) is 11.2 Å². The molecule has 0 spiro atoms. The first-order chi connectivity index (χ1) is 25.2. The van der Waals surface area contributed by atoms with Crippen LogP contribution in [0, 0.1) is 0 Å². The zero-order valence-electron chi connectivity index (χ0n) is 27.5. The van der Waals surface area contributed by atoms with Crippen LogP contribution in [0.2, 0.25) is 0 Å². The van der Waals surface area contributed by atoms with Gasteiger partial charge in [0.2, 0.25) is 0 Å². The molecule has 10 aromatic rings. The summed E-state index contributed by atoms with van der Waals surface area (Å²) in [6, 6.07) is 61.1. The number of furan rings is 1. The first-order valence-electron chi connectivity index (χ1n) is 17.1. The fourth-order valence-electron chi connectivity index (χ4n) is 7.17. The molecule has 0 saturated carbocycles. The van der Waals surface area contributed by atoms with Gasteiger partial charge in [-0.25, -0.2) is 15.0 Å². The average molecular weight is 652 g/mol. The second kappa shape index (κ2) is 11.9. The Bertz CT molecular complexity index is 2900. The van der Waals surface area contributed by atoms with Crippen molar-refractivity contribution in [1.29, 1.82) is 0 Å². The van der Waals surface area contributed by atoms with Gasteiger partial charge < -0.3 is 4.42 Å². The third-order valence-electron chi connectivity index (χ3n) is 9.73. The normalized spacial score (nSPS) is 11.5. The van der Waals surface area contributed by atoms with Crippen LogP contribution in [0.15, 0.2) is 180 Å². The smallest absolute Gasteiger partial charge is 0.164 e. The van der Waals surface area contributed by atoms with Crippen molar-refractivity contribution in [2.45, 2.75) is 0 Å². The molecule has 0 aliphatic heterocycles. The molecule has 0 saturated heterocycles. The summed E-state index contributed by atoms with van der Waals surface area (Å²) >= 11 is 0. The molecule has 2 heterocycles. The number of aromatic nitrogens is 3. The predicted octanol–water partition coefficient (Wildman–Crippen LogP) is 12.4. The zero-order valence-corrected chi connectivity index (χ0v) is 27.5. The maximum atomic E-state index is 6.42. The van der Waals surface area contributed by atoms with E-state index in [0.29, 0.717) is 17.5 Å². The zero-order chi connectivity index (χ0) is 33.7. The molecule has 8 aromatic carbocycles. The van der Waals surface area contributed by atoms with Crippen molar-refractivity contribution < 1.29 is 4.42 Å². The van der Waals surface area contributed by atoms with Crippen LogP contribution < -0.4 is 0 Å². The van der Waals surface area contributed by atoms with Crippen LogP contribution in [0.3, 0.4) is 0 Å². The van der Waals surface area contributed by atoms with Crippen LogP contribution in [-0.4, -0.2) is 15.0 Å². The van der Waals surface area contributed by atoms with Crippen molar-refractivity contribution >= 4 is 43.5 Å². The molecule has 0 fully saturated rings. The Morgan fingerprint density at radius 2 is 0.902 bits per heavy atom. The van der Waals surface area contributed by atoms with E-state index in [2.05, 4.69) is 127 Å². The number of hydrogen-bond donors (Lipinski definition) is 0. The van der Waals surface area contributed by atoms with E-state index in [-0.39, 0.29) is 0 Å². The Morgan fingerprint density at radius 1 is 0.314 bits per heavy atom. The molecule has 0 amide bonds. The number of fused-ring (bicyclic) bond motifs is 6. The molecule has 10 rings (SSSR count). The number of benzene rings is 8. The number of rotatable bonds is 5. The minimum atomic E-state index is 0.600. The molecular formula is C47H29N3O. The van der Waals surface area contributed by atoms with E-state index in [1.807, 2.05) is 48.5 Å². The minimum absolute atomic E-state index is 0.600. The lowest BCUT2D eigenvalue weighted by atomic mass is 9.98. The summed E-state index contributed by atoms with van der Waals surface area (Å²) in [5.74, 6) is 1.85. The molecule has 0 unspecified atom stereocenters. The second-order valence-corrected chi connectivity index (χ2v) is 12.8. The van der Waals surface area contributed by atoms with E-state index in [9.17, 15) is 0 Å². The average Bonchev–Trinajstić information content (AvgIpc) is 3.59. The summed E-state index contributed by atoms with van der Waals surface area (Å²) in [5, 5.41) is 6.80. The van der Waals surface area contributed by atoms with Crippen LogP contribution in [0.1, 0.15) is 0 Å².